The summed E-state index contributed by atoms with van der Waals surface area (Å²) < 4.78 is 0. The predicted molar refractivity (Wildman–Crippen MR) is 84.5 cm³/mol. The lowest BCUT2D eigenvalue weighted by atomic mass is 10.2. The maximum absolute atomic E-state index is 11.0. The van der Waals surface area contributed by atoms with Crippen molar-refractivity contribution in [2.75, 3.05) is 5.32 Å². The van der Waals surface area contributed by atoms with Crippen LogP contribution in [-0.2, 0) is 0 Å². The zero-order chi connectivity index (χ0) is 16.2. The van der Waals surface area contributed by atoms with Gasteiger partial charge in [0.1, 0.15) is 11.5 Å². The second-order valence-electron chi connectivity index (χ2n) is 4.82. The summed E-state index contributed by atoms with van der Waals surface area (Å²) >= 11 is 0. The fraction of sp³-hybridized carbons (Fsp3) is 0.0625. The van der Waals surface area contributed by atoms with E-state index in [4.69, 9.17) is 5.11 Å². The molecule has 0 saturated heterocycles. The molecule has 0 unspecified atom stereocenters. The maximum Gasteiger partial charge on any atom is 0.335 e. The minimum Gasteiger partial charge on any atom is -0.478 e. The molecule has 0 saturated carbocycles. The molecule has 23 heavy (non-hydrogen) atoms. The van der Waals surface area contributed by atoms with E-state index < -0.39 is 5.97 Å². The molecule has 114 valence electrons. The number of nitrogens with one attached hydrogen (secondary N) is 1. The number of nitrogens with zero attached hydrogens (tertiary/aromatic N) is 4. The molecule has 2 N–H and O–H groups in total. The quantitative estimate of drug-likeness (QED) is 0.764. The summed E-state index contributed by atoms with van der Waals surface area (Å²) in [6, 6.07) is 8.29. The first kappa shape index (κ1) is 14.6. The highest BCUT2D eigenvalue weighted by molar-refractivity contribution is 5.89. The zero-order valence-electron chi connectivity index (χ0n) is 12.3. The Labute approximate surface area is 132 Å². The van der Waals surface area contributed by atoms with Crippen molar-refractivity contribution in [1.29, 1.82) is 0 Å². The molecular weight excluding hydrogens is 294 g/mol. The van der Waals surface area contributed by atoms with Gasteiger partial charge in [0.05, 0.1) is 11.8 Å². The fourth-order valence-corrected chi connectivity index (χ4v) is 2.04. The molecule has 0 bridgehead atoms. The van der Waals surface area contributed by atoms with Crippen LogP contribution in [0, 0.1) is 6.92 Å². The molecule has 0 atom stereocenters. The topological polar surface area (TPSA) is 101 Å². The summed E-state index contributed by atoms with van der Waals surface area (Å²) in [6.07, 6.45) is 4.74. The van der Waals surface area contributed by atoms with E-state index in [0.717, 1.165) is 5.69 Å². The van der Waals surface area contributed by atoms with E-state index in [0.29, 0.717) is 23.0 Å². The van der Waals surface area contributed by atoms with Crippen molar-refractivity contribution < 1.29 is 9.90 Å². The number of aryl methyl sites for hydroxylation is 1. The lowest BCUT2D eigenvalue weighted by molar-refractivity contribution is 0.0697. The smallest absolute Gasteiger partial charge is 0.335 e. The Morgan fingerprint density at radius 1 is 1.17 bits per heavy atom. The first-order chi connectivity index (χ1) is 11.1. The second kappa shape index (κ2) is 6.18. The molecule has 2 heterocycles. The van der Waals surface area contributed by atoms with Gasteiger partial charge in [-0.25, -0.2) is 19.7 Å². The summed E-state index contributed by atoms with van der Waals surface area (Å²) in [6.45, 7) is 1.85. The number of hydrogen-bond acceptors (Lipinski definition) is 6. The van der Waals surface area contributed by atoms with Crippen molar-refractivity contribution in [2.45, 2.75) is 6.92 Å². The van der Waals surface area contributed by atoms with E-state index in [1.54, 1.807) is 42.9 Å². The number of carbonyl (C=O) groups is 1. The van der Waals surface area contributed by atoms with Crippen LogP contribution in [0.25, 0.3) is 11.5 Å². The van der Waals surface area contributed by atoms with Crippen LogP contribution in [0.3, 0.4) is 0 Å². The van der Waals surface area contributed by atoms with Gasteiger partial charge in [0, 0.05) is 29.8 Å². The normalized spacial score (nSPS) is 10.3. The number of carboxylic acids is 1. The molecule has 7 nitrogen and oxygen atoms in total. The van der Waals surface area contributed by atoms with E-state index >= 15 is 0 Å². The number of benzene rings is 1. The maximum atomic E-state index is 11.0. The third-order valence-corrected chi connectivity index (χ3v) is 3.03. The van der Waals surface area contributed by atoms with E-state index in [9.17, 15) is 4.79 Å². The molecule has 0 aliphatic heterocycles. The average molecular weight is 307 g/mol. The number of anilines is 2. The Hall–Kier alpha value is -3.35. The van der Waals surface area contributed by atoms with Gasteiger partial charge in [-0.05, 0) is 25.1 Å². The molecule has 0 aliphatic carbocycles. The molecule has 0 fully saturated rings. The lowest BCUT2D eigenvalue weighted by Gasteiger charge is -2.09. The Balaban J connectivity index is 1.93. The molecular formula is C16H13N5O2. The minimum atomic E-state index is -0.979. The first-order valence-electron chi connectivity index (χ1n) is 6.84. The molecule has 0 radical (unpaired) electrons. The van der Waals surface area contributed by atoms with Gasteiger partial charge in [-0.1, -0.05) is 6.07 Å². The van der Waals surface area contributed by atoms with Crippen molar-refractivity contribution in [3.63, 3.8) is 0 Å². The summed E-state index contributed by atoms with van der Waals surface area (Å²) in [4.78, 5) is 28.0. The summed E-state index contributed by atoms with van der Waals surface area (Å²) in [7, 11) is 0. The van der Waals surface area contributed by atoms with Crippen LogP contribution >= 0.6 is 0 Å². The zero-order valence-corrected chi connectivity index (χ0v) is 12.3. The summed E-state index contributed by atoms with van der Waals surface area (Å²) in [5, 5.41) is 12.1. The van der Waals surface area contributed by atoms with E-state index in [1.165, 1.54) is 6.07 Å². The highest BCUT2D eigenvalue weighted by Gasteiger charge is 2.08. The SMILES string of the molecule is Cc1cc(Nc2cccc(C(=O)O)c2)nc(-c2cnccn2)n1. The second-order valence-corrected chi connectivity index (χ2v) is 4.82. The number of hydrogen-bond donors (Lipinski definition) is 2. The van der Waals surface area contributed by atoms with E-state index in [-0.39, 0.29) is 5.56 Å². The van der Waals surface area contributed by atoms with Gasteiger partial charge in [0.2, 0.25) is 0 Å². The van der Waals surface area contributed by atoms with Gasteiger partial charge >= 0.3 is 5.97 Å². The van der Waals surface area contributed by atoms with Gasteiger partial charge in [0.15, 0.2) is 5.82 Å². The molecule has 0 amide bonds. The number of carboxylic acid groups (broad SMARTS) is 1. The molecule has 0 spiro atoms. The van der Waals surface area contributed by atoms with Crippen LogP contribution in [0.4, 0.5) is 11.5 Å². The van der Waals surface area contributed by atoms with Crippen molar-refractivity contribution in [1.82, 2.24) is 19.9 Å². The third kappa shape index (κ3) is 3.46. The van der Waals surface area contributed by atoms with Crippen LogP contribution in [0.1, 0.15) is 16.1 Å². The largest absolute Gasteiger partial charge is 0.478 e. The Morgan fingerprint density at radius 3 is 2.78 bits per heavy atom. The molecule has 3 rings (SSSR count). The van der Waals surface area contributed by atoms with Gasteiger partial charge < -0.3 is 10.4 Å². The Kier molecular flexibility index (Phi) is 3.92. The van der Waals surface area contributed by atoms with Crippen molar-refractivity contribution >= 4 is 17.5 Å². The molecule has 1 aromatic carbocycles. The van der Waals surface area contributed by atoms with Crippen molar-refractivity contribution in [3.05, 3.63) is 60.2 Å². The van der Waals surface area contributed by atoms with Gasteiger partial charge in [-0.15, -0.1) is 0 Å². The van der Waals surface area contributed by atoms with Crippen LogP contribution < -0.4 is 5.32 Å². The van der Waals surface area contributed by atoms with Crippen LogP contribution in [0.5, 0.6) is 0 Å². The number of aromatic carboxylic acids is 1. The molecule has 0 aliphatic rings. The lowest BCUT2D eigenvalue weighted by Crippen LogP contribution is -2.01. The Bertz CT molecular complexity index is 852. The van der Waals surface area contributed by atoms with Crippen molar-refractivity contribution in [3.8, 4) is 11.5 Å². The van der Waals surface area contributed by atoms with Gasteiger partial charge in [-0.2, -0.15) is 0 Å². The predicted octanol–water partition coefficient (Wildman–Crippen LogP) is 2.68. The first-order valence-corrected chi connectivity index (χ1v) is 6.84. The third-order valence-electron chi connectivity index (χ3n) is 3.03. The van der Waals surface area contributed by atoms with E-state index in [2.05, 4.69) is 25.3 Å². The van der Waals surface area contributed by atoms with Crippen LogP contribution in [0.15, 0.2) is 48.9 Å². The molecule has 7 heteroatoms. The molecule has 3 aromatic rings. The van der Waals surface area contributed by atoms with Crippen LogP contribution in [0.2, 0.25) is 0 Å². The average Bonchev–Trinajstić information content (AvgIpc) is 2.55. The fourth-order valence-electron chi connectivity index (χ4n) is 2.04. The Morgan fingerprint density at radius 2 is 2.04 bits per heavy atom. The standard InChI is InChI=1S/C16H13N5O2/c1-10-7-14(20-12-4-2-3-11(8-12)16(22)23)21-15(19-10)13-9-17-5-6-18-13/h2-9H,1H3,(H,22,23)(H,19,20,21). The van der Waals surface area contributed by atoms with Crippen molar-refractivity contribution in [2.24, 2.45) is 0 Å². The van der Waals surface area contributed by atoms with Gasteiger partial charge in [-0.3, -0.25) is 4.98 Å². The number of rotatable bonds is 4. The minimum absolute atomic E-state index is 0.204. The van der Waals surface area contributed by atoms with Crippen LogP contribution in [-0.4, -0.2) is 31.0 Å². The van der Waals surface area contributed by atoms with E-state index in [1.807, 2.05) is 6.92 Å². The summed E-state index contributed by atoms with van der Waals surface area (Å²) in [5.41, 5.74) is 2.17. The highest BCUT2D eigenvalue weighted by Crippen LogP contribution is 2.19. The molecule has 2 aromatic heterocycles. The number of aromatic nitrogens is 4. The highest BCUT2D eigenvalue weighted by atomic mass is 16.4. The summed E-state index contributed by atoms with van der Waals surface area (Å²) in [5.74, 6) is 0.0310. The van der Waals surface area contributed by atoms with Gasteiger partial charge in [0.25, 0.3) is 0 Å². The monoisotopic (exact) mass is 307 g/mol.